The number of nitrogens with one attached hydrogen (secondary N) is 2. The maximum atomic E-state index is 12.6. The molecule has 30 heavy (non-hydrogen) atoms. The molecule has 0 saturated carbocycles. The molecule has 0 bridgehead atoms. The molecule has 3 N–H and O–H groups in total. The summed E-state index contributed by atoms with van der Waals surface area (Å²) in [7, 11) is 1.35. The highest BCUT2D eigenvalue weighted by atomic mass is 16.5. The van der Waals surface area contributed by atoms with Gasteiger partial charge in [0.1, 0.15) is 5.69 Å². The number of hydrogen-bond donors (Lipinski definition) is 3. The van der Waals surface area contributed by atoms with E-state index in [9.17, 15) is 9.59 Å². The van der Waals surface area contributed by atoms with Crippen molar-refractivity contribution < 1.29 is 19.4 Å². The van der Waals surface area contributed by atoms with Gasteiger partial charge in [-0.2, -0.15) is 0 Å². The molecule has 6 heteroatoms. The molecule has 0 saturated heterocycles. The second-order valence-corrected chi connectivity index (χ2v) is 6.82. The first kappa shape index (κ1) is 19.3. The molecule has 0 aliphatic carbocycles. The summed E-state index contributed by atoms with van der Waals surface area (Å²) in [5.41, 5.74) is 3.87. The maximum Gasteiger partial charge on any atom is 0.354 e. The van der Waals surface area contributed by atoms with Crippen LogP contribution in [0, 0.1) is 0 Å². The van der Waals surface area contributed by atoms with Crippen LogP contribution in [0.15, 0.2) is 78.9 Å². The predicted octanol–water partition coefficient (Wildman–Crippen LogP) is 4.85. The van der Waals surface area contributed by atoms with E-state index >= 15 is 0 Å². The molecule has 0 aliphatic rings. The lowest BCUT2D eigenvalue weighted by molar-refractivity contribution is 0.0592. The number of anilines is 1. The predicted molar refractivity (Wildman–Crippen MR) is 115 cm³/mol. The number of carbonyl (C=O) groups excluding carboxylic acids is 1. The number of carbonyl (C=O) groups is 2. The van der Waals surface area contributed by atoms with Gasteiger partial charge in [-0.1, -0.05) is 48.5 Å². The van der Waals surface area contributed by atoms with Crippen LogP contribution in [0.1, 0.15) is 38.0 Å². The Morgan fingerprint density at radius 2 is 1.60 bits per heavy atom. The summed E-state index contributed by atoms with van der Waals surface area (Å²) in [6.07, 6.45) is 0. The van der Waals surface area contributed by atoms with Crippen LogP contribution in [0.2, 0.25) is 0 Å². The van der Waals surface area contributed by atoms with E-state index in [0.717, 1.165) is 27.7 Å². The minimum Gasteiger partial charge on any atom is -0.478 e. The van der Waals surface area contributed by atoms with Crippen molar-refractivity contribution in [3.63, 3.8) is 0 Å². The Hall–Kier alpha value is -4.06. The molecule has 0 spiro atoms. The number of para-hydroxylation sites is 1. The first-order chi connectivity index (χ1) is 14.6. The van der Waals surface area contributed by atoms with Gasteiger partial charge in [0, 0.05) is 22.2 Å². The van der Waals surface area contributed by atoms with Gasteiger partial charge in [-0.05, 0) is 35.9 Å². The molecule has 0 unspecified atom stereocenters. The zero-order valence-electron chi connectivity index (χ0n) is 16.3. The van der Waals surface area contributed by atoms with Crippen LogP contribution in [-0.4, -0.2) is 29.1 Å². The molecule has 0 amide bonds. The van der Waals surface area contributed by atoms with E-state index in [-0.39, 0.29) is 11.6 Å². The van der Waals surface area contributed by atoms with Gasteiger partial charge in [-0.15, -0.1) is 0 Å². The summed E-state index contributed by atoms with van der Waals surface area (Å²) in [6, 6.07) is 23.6. The molecular formula is C24H20N2O4. The van der Waals surface area contributed by atoms with E-state index < -0.39 is 11.9 Å². The van der Waals surface area contributed by atoms with Gasteiger partial charge in [0.2, 0.25) is 0 Å². The first-order valence-corrected chi connectivity index (χ1v) is 9.42. The molecule has 0 fully saturated rings. The standard InChI is InChI=1S/C24H20N2O4/c1-30-24(29)22-20(18-9-5-6-10-19(18)26-22)21(15-7-3-2-4-8-15)25-17-13-11-16(12-14-17)23(27)28/h2-14,21,25-26H,1H3,(H,27,28)/t21-/m0/s1. The Morgan fingerprint density at radius 1 is 0.933 bits per heavy atom. The van der Waals surface area contributed by atoms with Crippen molar-refractivity contribution in [1.29, 1.82) is 0 Å². The van der Waals surface area contributed by atoms with Crippen LogP contribution in [0.25, 0.3) is 10.9 Å². The lowest BCUT2D eigenvalue weighted by Crippen LogP contribution is -2.16. The van der Waals surface area contributed by atoms with Crippen molar-refractivity contribution >= 4 is 28.5 Å². The van der Waals surface area contributed by atoms with Gasteiger partial charge < -0.3 is 20.1 Å². The van der Waals surface area contributed by atoms with Gasteiger partial charge in [-0.25, -0.2) is 9.59 Å². The highest BCUT2D eigenvalue weighted by Crippen LogP contribution is 2.35. The van der Waals surface area contributed by atoms with E-state index in [1.807, 2.05) is 54.6 Å². The Kier molecular flexibility index (Phi) is 5.22. The van der Waals surface area contributed by atoms with Gasteiger partial charge in [0.15, 0.2) is 0 Å². The van der Waals surface area contributed by atoms with Crippen LogP contribution >= 0.6 is 0 Å². The van der Waals surface area contributed by atoms with Gasteiger partial charge >= 0.3 is 11.9 Å². The third kappa shape index (κ3) is 3.63. The minimum atomic E-state index is -0.981. The largest absolute Gasteiger partial charge is 0.478 e. The summed E-state index contributed by atoms with van der Waals surface area (Å²) in [6.45, 7) is 0. The number of hydrogen-bond acceptors (Lipinski definition) is 4. The number of methoxy groups -OCH3 is 1. The number of aromatic amines is 1. The maximum absolute atomic E-state index is 12.6. The number of fused-ring (bicyclic) bond motifs is 1. The highest BCUT2D eigenvalue weighted by Gasteiger charge is 2.26. The molecule has 1 heterocycles. The lowest BCUT2D eigenvalue weighted by atomic mass is 9.95. The van der Waals surface area contributed by atoms with Crippen LogP contribution in [0.5, 0.6) is 0 Å². The molecule has 0 radical (unpaired) electrons. The molecule has 1 atom stereocenters. The molecule has 3 aromatic carbocycles. The van der Waals surface area contributed by atoms with Gasteiger partial charge in [0.05, 0.1) is 18.7 Å². The smallest absolute Gasteiger partial charge is 0.354 e. The van der Waals surface area contributed by atoms with Crippen LogP contribution in [0.3, 0.4) is 0 Å². The van der Waals surface area contributed by atoms with Gasteiger partial charge in [0.25, 0.3) is 0 Å². The van der Waals surface area contributed by atoms with E-state index in [1.165, 1.54) is 7.11 Å². The average Bonchev–Trinajstić information content (AvgIpc) is 3.17. The molecule has 0 aliphatic heterocycles. The molecule has 6 nitrogen and oxygen atoms in total. The van der Waals surface area contributed by atoms with Crippen molar-refractivity contribution in [2.75, 3.05) is 12.4 Å². The second kappa shape index (κ2) is 8.13. The minimum absolute atomic E-state index is 0.208. The Bertz CT molecular complexity index is 1200. The molecule has 150 valence electrons. The Labute approximate surface area is 173 Å². The highest BCUT2D eigenvalue weighted by molar-refractivity contribution is 5.99. The number of esters is 1. The molecular weight excluding hydrogens is 380 g/mol. The van der Waals surface area contributed by atoms with Crippen molar-refractivity contribution in [2.45, 2.75) is 6.04 Å². The fourth-order valence-electron chi connectivity index (χ4n) is 3.57. The number of benzene rings is 3. The van der Waals surface area contributed by atoms with Gasteiger partial charge in [-0.3, -0.25) is 0 Å². The third-order valence-corrected chi connectivity index (χ3v) is 5.00. The van der Waals surface area contributed by atoms with Crippen LogP contribution in [0.4, 0.5) is 5.69 Å². The fourth-order valence-corrected chi connectivity index (χ4v) is 3.57. The molecule has 4 rings (SSSR count). The monoisotopic (exact) mass is 400 g/mol. The Morgan fingerprint density at radius 3 is 2.27 bits per heavy atom. The van der Waals surface area contributed by atoms with Crippen molar-refractivity contribution in [3.05, 3.63) is 101 Å². The SMILES string of the molecule is COC(=O)c1[nH]c2ccccc2c1[C@@H](Nc1ccc(C(=O)O)cc1)c1ccccc1. The average molecular weight is 400 g/mol. The summed E-state index contributed by atoms with van der Waals surface area (Å²) >= 11 is 0. The quantitative estimate of drug-likeness (QED) is 0.402. The number of rotatable bonds is 6. The lowest BCUT2D eigenvalue weighted by Gasteiger charge is -2.22. The number of ether oxygens (including phenoxy) is 1. The normalized spacial score (nSPS) is 11.8. The summed E-state index contributed by atoms with van der Waals surface area (Å²) < 4.78 is 5.02. The summed E-state index contributed by atoms with van der Waals surface area (Å²) in [5.74, 6) is -1.43. The number of aromatic nitrogens is 1. The zero-order chi connectivity index (χ0) is 21.1. The number of H-pyrrole nitrogens is 1. The zero-order valence-corrected chi connectivity index (χ0v) is 16.3. The van der Waals surface area contributed by atoms with Crippen LogP contribution < -0.4 is 5.32 Å². The summed E-state index contributed by atoms with van der Waals surface area (Å²) in [4.78, 5) is 26.9. The number of aromatic carboxylic acids is 1. The van der Waals surface area contributed by atoms with E-state index in [0.29, 0.717) is 5.69 Å². The molecule has 1 aromatic heterocycles. The van der Waals surface area contributed by atoms with E-state index in [4.69, 9.17) is 9.84 Å². The van der Waals surface area contributed by atoms with Crippen molar-refractivity contribution in [2.24, 2.45) is 0 Å². The van der Waals surface area contributed by atoms with Crippen molar-refractivity contribution in [1.82, 2.24) is 4.98 Å². The third-order valence-electron chi connectivity index (χ3n) is 5.00. The number of carboxylic acid groups (broad SMARTS) is 1. The fraction of sp³-hybridized carbons (Fsp3) is 0.0833. The van der Waals surface area contributed by atoms with E-state index in [2.05, 4.69) is 10.3 Å². The topological polar surface area (TPSA) is 91.4 Å². The van der Waals surface area contributed by atoms with Crippen LogP contribution in [-0.2, 0) is 4.74 Å². The first-order valence-electron chi connectivity index (χ1n) is 9.42. The molecule has 4 aromatic rings. The Balaban J connectivity index is 1.87. The second-order valence-electron chi connectivity index (χ2n) is 6.82. The number of carboxylic acids is 1. The van der Waals surface area contributed by atoms with Crippen molar-refractivity contribution in [3.8, 4) is 0 Å². The van der Waals surface area contributed by atoms with E-state index in [1.54, 1.807) is 24.3 Å². The summed E-state index contributed by atoms with van der Waals surface area (Å²) in [5, 5.41) is 13.5.